The van der Waals surface area contributed by atoms with E-state index >= 15 is 0 Å². The summed E-state index contributed by atoms with van der Waals surface area (Å²) in [5.74, 6) is 1.69. The summed E-state index contributed by atoms with van der Waals surface area (Å²) in [5, 5.41) is 9.05. The molecule has 202 valence electrons. The Balaban J connectivity index is 0.000000223. The molecular weight excluding hydrogens is 520 g/mol. The van der Waals surface area contributed by atoms with E-state index in [1.807, 2.05) is 54.4 Å². The highest BCUT2D eigenvalue weighted by molar-refractivity contribution is 7.80. The Morgan fingerprint density at radius 3 is 2.42 bits per heavy atom. The van der Waals surface area contributed by atoms with Crippen molar-refractivity contribution >= 4 is 51.5 Å². The third-order valence-electron chi connectivity index (χ3n) is 6.56. The second kappa shape index (κ2) is 14.6. The molecule has 1 fully saturated rings. The molecule has 0 saturated heterocycles. The number of carbonyl (C=O) groups is 1. The van der Waals surface area contributed by atoms with Crippen molar-refractivity contribution in [3.05, 3.63) is 77.2 Å². The quantitative estimate of drug-likeness (QED) is 0.148. The lowest BCUT2D eigenvalue weighted by molar-refractivity contribution is 0.191. The van der Waals surface area contributed by atoms with Gasteiger partial charge in [-0.05, 0) is 91.3 Å². The molecule has 0 unspecified atom stereocenters. The zero-order chi connectivity index (χ0) is 27.5. The van der Waals surface area contributed by atoms with Crippen LogP contribution in [-0.2, 0) is 0 Å². The first-order valence-corrected chi connectivity index (χ1v) is 13.7. The molecule has 4 rings (SSSR count). The Morgan fingerprint density at radius 1 is 1.05 bits per heavy atom. The number of nitroso groups, excluding NO2 is 1. The third kappa shape index (κ3) is 8.67. The topological polar surface area (TPSA) is 74.2 Å². The van der Waals surface area contributed by atoms with Gasteiger partial charge in [0.1, 0.15) is 5.75 Å². The molecule has 1 saturated carbocycles. The summed E-state index contributed by atoms with van der Waals surface area (Å²) < 4.78 is 5.84. The molecule has 3 aromatic carbocycles. The summed E-state index contributed by atoms with van der Waals surface area (Å²) in [6.07, 6.45) is 4.19. The average Bonchev–Trinajstić information content (AvgIpc) is 2.92. The number of urea groups is 1. The van der Waals surface area contributed by atoms with E-state index in [-0.39, 0.29) is 18.5 Å². The number of fused-ring (bicyclic) bond motifs is 1. The number of rotatable bonds is 6. The van der Waals surface area contributed by atoms with E-state index in [2.05, 4.69) is 48.7 Å². The fourth-order valence-corrected chi connectivity index (χ4v) is 4.62. The zero-order valence-electron chi connectivity index (χ0n) is 22.1. The van der Waals surface area contributed by atoms with Gasteiger partial charge in [0.15, 0.2) is 0 Å². The minimum absolute atomic E-state index is 0.153. The number of halogens is 1. The first kappa shape index (κ1) is 29.3. The van der Waals surface area contributed by atoms with Crippen molar-refractivity contribution in [2.45, 2.75) is 45.6 Å². The molecule has 0 aliphatic heterocycles. The number of anilines is 1. The zero-order valence-corrected chi connectivity index (χ0v) is 23.7. The Labute approximate surface area is 235 Å². The monoisotopic (exact) mass is 554 g/mol. The van der Waals surface area contributed by atoms with Gasteiger partial charge in [-0.15, -0.1) is 16.5 Å². The van der Waals surface area contributed by atoms with Crippen molar-refractivity contribution in [3.63, 3.8) is 0 Å². The highest BCUT2D eigenvalue weighted by atomic mass is 35.5. The first-order valence-electron chi connectivity index (χ1n) is 12.8. The lowest BCUT2D eigenvalue weighted by atomic mass is 9.87. The van der Waals surface area contributed by atoms with Crippen LogP contribution in [0.4, 0.5) is 10.5 Å². The van der Waals surface area contributed by atoms with Gasteiger partial charge in [0.05, 0.1) is 11.8 Å². The van der Waals surface area contributed by atoms with Gasteiger partial charge >= 0.3 is 6.03 Å². The van der Waals surface area contributed by atoms with Crippen molar-refractivity contribution in [3.8, 4) is 5.75 Å². The highest BCUT2D eigenvalue weighted by Gasteiger charge is 2.22. The lowest BCUT2D eigenvalue weighted by Crippen LogP contribution is -2.44. The number of aryl methyl sites for hydroxylation is 1. The smallest absolute Gasteiger partial charge is 0.340 e. The summed E-state index contributed by atoms with van der Waals surface area (Å²) in [5.41, 5.74) is 2.21. The minimum Gasteiger partial charge on any atom is -0.432 e. The molecule has 0 atom stereocenters. The van der Waals surface area contributed by atoms with E-state index in [1.54, 1.807) is 0 Å². The fourth-order valence-electron chi connectivity index (χ4n) is 4.26. The number of benzene rings is 3. The molecule has 38 heavy (non-hydrogen) atoms. The van der Waals surface area contributed by atoms with Crippen molar-refractivity contribution in [1.82, 2.24) is 10.3 Å². The van der Waals surface area contributed by atoms with Crippen LogP contribution in [0.2, 0.25) is 0 Å². The maximum absolute atomic E-state index is 11.6. The van der Waals surface area contributed by atoms with Gasteiger partial charge in [-0.2, -0.15) is 5.01 Å². The fraction of sp³-hybridized carbons (Fsp3) is 0.379. The van der Waals surface area contributed by atoms with E-state index < -0.39 is 6.03 Å². The van der Waals surface area contributed by atoms with Crippen LogP contribution in [0, 0.1) is 17.7 Å². The number of nitrogens with zero attached hydrogens (tertiary/aromatic N) is 3. The Hall–Kier alpha value is -3.23. The summed E-state index contributed by atoms with van der Waals surface area (Å²) >= 11 is 10.9. The van der Waals surface area contributed by atoms with Crippen molar-refractivity contribution in [2.75, 3.05) is 24.4 Å². The first-order chi connectivity index (χ1) is 18.3. The maximum atomic E-state index is 11.6. The molecule has 2 amide bonds. The Morgan fingerprint density at radius 2 is 1.76 bits per heavy atom. The normalized spacial score (nSPS) is 16.5. The van der Waals surface area contributed by atoms with Crippen LogP contribution in [0.25, 0.3) is 10.8 Å². The Kier molecular flexibility index (Phi) is 11.3. The van der Waals surface area contributed by atoms with E-state index in [1.165, 1.54) is 10.9 Å². The van der Waals surface area contributed by atoms with E-state index in [4.69, 9.17) is 28.6 Å². The van der Waals surface area contributed by atoms with Crippen LogP contribution in [0.15, 0.2) is 72.0 Å². The predicted octanol–water partition coefficient (Wildman–Crippen LogP) is 7.45. The summed E-state index contributed by atoms with van der Waals surface area (Å²) in [4.78, 5) is 23.8. The molecule has 1 aliphatic carbocycles. The molecule has 9 heteroatoms. The molecule has 0 radical (unpaired) electrons. The summed E-state index contributed by atoms with van der Waals surface area (Å²) in [6.45, 7) is 4.43. The number of carbonyl (C=O) groups excluding carboxylic acids is 1. The summed E-state index contributed by atoms with van der Waals surface area (Å²) in [7, 11) is 1.91. The molecule has 0 bridgehead atoms. The SMILES string of the molecule is CC1CCC(NC(=O)N(CCCl)N=O)CC1.Cc1cccc(N(C)C(=S)Oc2ccc3ccccc3c2)c1. The number of nitrogens with one attached hydrogen (secondary N) is 1. The number of hydrogen-bond donors (Lipinski definition) is 1. The van der Waals surface area contributed by atoms with E-state index in [0.29, 0.717) is 5.17 Å². The second-order valence-corrected chi connectivity index (χ2v) is 10.3. The van der Waals surface area contributed by atoms with E-state index in [9.17, 15) is 9.70 Å². The van der Waals surface area contributed by atoms with Crippen LogP contribution in [0.5, 0.6) is 5.75 Å². The molecule has 0 heterocycles. The van der Waals surface area contributed by atoms with Crippen LogP contribution in [-0.4, -0.2) is 41.7 Å². The van der Waals surface area contributed by atoms with Crippen molar-refractivity contribution in [1.29, 1.82) is 0 Å². The van der Waals surface area contributed by atoms with Gasteiger partial charge in [-0.3, -0.25) is 0 Å². The lowest BCUT2D eigenvalue weighted by Gasteiger charge is -2.27. The minimum atomic E-state index is -0.435. The molecule has 0 spiro atoms. The Bertz CT molecular complexity index is 1230. The van der Waals surface area contributed by atoms with Crippen molar-refractivity contribution in [2.24, 2.45) is 11.2 Å². The molecule has 3 aromatic rings. The summed E-state index contributed by atoms with van der Waals surface area (Å²) in [6, 6.07) is 22.1. The van der Waals surface area contributed by atoms with Gasteiger partial charge in [-0.25, -0.2) is 4.79 Å². The number of ether oxygens (including phenoxy) is 1. The predicted molar refractivity (Wildman–Crippen MR) is 160 cm³/mol. The van der Waals surface area contributed by atoms with Gasteiger partial charge in [0.2, 0.25) is 0 Å². The second-order valence-electron chi connectivity index (χ2n) is 9.58. The number of amides is 2. The molecule has 1 N–H and O–H groups in total. The van der Waals surface area contributed by atoms with Gasteiger partial charge in [0.25, 0.3) is 5.17 Å². The molecule has 0 aromatic heterocycles. The van der Waals surface area contributed by atoms with Gasteiger partial charge in [-0.1, -0.05) is 49.4 Å². The molecule has 1 aliphatic rings. The largest absolute Gasteiger partial charge is 0.432 e. The number of alkyl halides is 1. The van der Waals surface area contributed by atoms with Crippen LogP contribution >= 0.6 is 23.8 Å². The average molecular weight is 555 g/mol. The number of hydrogen-bond acceptors (Lipinski definition) is 5. The third-order valence-corrected chi connectivity index (χ3v) is 7.09. The highest BCUT2D eigenvalue weighted by Crippen LogP contribution is 2.24. The van der Waals surface area contributed by atoms with Crippen LogP contribution < -0.4 is 15.0 Å². The van der Waals surface area contributed by atoms with Crippen molar-refractivity contribution < 1.29 is 9.53 Å². The standard InChI is InChI=1S/C19H17NOS.C10H18ClN3O2/c1-14-6-5-9-17(12-14)20(2)19(22)21-18-11-10-15-7-3-4-8-16(15)13-18;1-8-2-4-9(5-3-8)12-10(15)14(13-16)7-6-11/h3-13H,1-2H3;8-9H,2-7H2,1H3,(H,12,15). The van der Waals surface area contributed by atoms with E-state index in [0.717, 1.165) is 53.4 Å². The van der Waals surface area contributed by atoms with Gasteiger partial charge in [0, 0.05) is 24.7 Å². The van der Waals surface area contributed by atoms with Crippen LogP contribution in [0.3, 0.4) is 0 Å². The van der Waals surface area contributed by atoms with Gasteiger partial charge < -0.3 is 15.0 Å². The molecular formula is C29H35ClN4O3S. The molecule has 7 nitrogen and oxygen atoms in total. The maximum Gasteiger partial charge on any atom is 0.340 e. The number of thiocarbonyl (C=S) groups is 1. The van der Waals surface area contributed by atoms with Crippen LogP contribution in [0.1, 0.15) is 38.2 Å².